The second kappa shape index (κ2) is 8.66. The lowest BCUT2D eigenvalue weighted by molar-refractivity contribution is 0.262. The maximum absolute atomic E-state index is 13.3. The number of para-hydroxylation sites is 1. The molecule has 4 rings (SSSR count). The smallest absolute Gasteiger partial charge is 0.350 e. The van der Waals surface area contributed by atoms with Crippen molar-refractivity contribution in [1.82, 2.24) is 9.55 Å². The molecular weight excluding hydrogens is 399 g/mol. The van der Waals surface area contributed by atoms with E-state index in [9.17, 15) is 14.0 Å². The Labute approximate surface area is 177 Å². The minimum atomic E-state index is -0.531. The van der Waals surface area contributed by atoms with Crippen LogP contribution in [0, 0.1) is 5.82 Å². The summed E-state index contributed by atoms with van der Waals surface area (Å²) in [6.07, 6.45) is 0. The Kier molecular flexibility index (Phi) is 5.61. The molecule has 0 aliphatic heterocycles. The zero-order valence-corrected chi connectivity index (χ0v) is 16.6. The van der Waals surface area contributed by atoms with Gasteiger partial charge in [0.1, 0.15) is 17.4 Å². The van der Waals surface area contributed by atoms with Gasteiger partial charge in [-0.15, -0.1) is 0 Å². The van der Waals surface area contributed by atoms with Crippen LogP contribution in [-0.4, -0.2) is 22.7 Å². The third kappa shape index (κ3) is 4.53. The van der Waals surface area contributed by atoms with Gasteiger partial charge in [-0.2, -0.15) is 4.98 Å². The number of ether oxygens (including phenoxy) is 1. The van der Waals surface area contributed by atoms with Gasteiger partial charge in [0.15, 0.2) is 0 Å². The van der Waals surface area contributed by atoms with E-state index in [4.69, 9.17) is 4.74 Å². The zero-order valence-electron chi connectivity index (χ0n) is 16.6. The van der Waals surface area contributed by atoms with Crippen LogP contribution in [0.25, 0.3) is 10.9 Å². The average molecular weight is 418 g/mol. The van der Waals surface area contributed by atoms with Crippen molar-refractivity contribution in [3.63, 3.8) is 0 Å². The van der Waals surface area contributed by atoms with Crippen molar-refractivity contribution in [1.29, 1.82) is 0 Å². The second-order valence-electron chi connectivity index (χ2n) is 6.78. The molecule has 0 unspecified atom stereocenters. The zero-order chi connectivity index (χ0) is 21.8. The molecule has 0 bridgehead atoms. The standard InChI is InChI=1S/C23H19FN4O3/c1-31-18-6-4-5-17(13-18)25-22(29)27-21-19-7-2-3-8-20(19)26-23(30)28(21)14-15-9-11-16(24)12-10-15/h2-13H,14H2,1H3,(H2,25,27,29). The molecule has 0 spiro atoms. The van der Waals surface area contributed by atoms with Crippen LogP contribution in [0.15, 0.2) is 77.6 Å². The molecule has 2 amide bonds. The Balaban J connectivity index is 1.71. The van der Waals surface area contributed by atoms with E-state index in [1.807, 2.05) is 0 Å². The van der Waals surface area contributed by atoms with Gasteiger partial charge in [-0.05, 0) is 42.0 Å². The highest BCUT2D eigenvalue weighted by Crippen LogP contribution is 2.22. The number of nitrogens with zero attached hydrogens (tertiary/aromatic N) is 2. The molecule has 0 saturated heterocycles. The van der Waals surface area contributed by atoms with Crippen LogP contribution in [0.5, 0.6) is 5.75 Å². The molecular formula is C23H19FN4O3. The van der Waals surface area contributed by atoms with Crippen LogP contribution in [-0.2, 0) is 6.54 Å². The van der Waals surface area contributed by atoms with Crippen molar-refractivity contribution in [3.05, 3.63) is 94.7 Å². The molecule has 2 N–H and O–H groups in total. The number of halogens is 1. The first-order chi connectivity index (χ1) is 15.0. The molecule has 8 heteroatoms. The number of fused-ring (bicyclic) bond motifs is 1. The van der Waals surface area contributed by atoms with Gasteiger partial charge in [0.2, 0.25) is 0 Å². The van der Waals surface area contributed by atoms with Crippen molar-refractivity contribution >= 4 is 28.4 Å². The van der Waals surface area contributed by atoms with Gasteiger partial charge in [-0.3, -0.25) is 9.88 Å². The number of anilines is 2. The summed E-state index contributed by atoms with van der Waals surface area (Å²) in [4.78, 5) is 29.6. The van der Waals surface area contributed by atoms with Gasteiger partial charge in [-0.1, -0.05) is 30.3 Å². The highest BCUT2D eigenvalue weighted by Gasteiger charge is 2.15. The summed E-state index contributed by atoms with van der Waals surface area (Å²) in [6, 6.07) is 19.2. The van der Waals surface area contributed by atoms with Crippen LogP contribution in [0.3, 0.4) is 0 Å². The topological polar surface area (TPSA) is 85.2 Å². The van der Waals surface area contributed by atoms with Gasteiger partial charge >= 0.3 is 11.7 Å². The summed E-state index contributed by atoms with van der Waals surface area (Å²) in [5.41, 5.74) is 1.15. The van der Waals surface area contributed by atoms with Crippen molar-refractivity contribution in [2.24, 2.45) is 0 Å². The van der Waals surface area contributed by atoms with E-state index in [1.54, 1.807) is 60.7 Å². The Morgan fingerprint density at radius 2 is 1.81 bits per heavy atom. The van der Waals surface area contributed by atoms with Crippen LogP contribution in [0.4, 0.5) is 20.7 Å². The summed E-state index contributed by atoms with van der Waals surface area (Å²) < 4.78 is 19.8. The Hall–Kier alpha value is -4.20. The van der Waals surface area contributed by atoms with E-state index < -0.39 is 11.7 Å². The monoisotopic (exact) mass is 418 g/mol. The molecule has 0 saturated carbocycles. The third-order valence-corrected chi connectivity index (χ3v) is 4.69. The average Bonchev–Trinajstić information content (AvgIpc) is 2.77. The fraction of sp³-hybridized carbons (Fsp3) is 0.0870. The van der Waals surface area contributed by atoms with E-state index in [-0.39, 0.29) is 12.4 Å². The minimum Gasteiger partial charge on any atom is -0.497 e. The number of amides is 2. The summed E-state index contributed by atoms with van der Waals surface area (Å²) in [5, 5.41) is 6.10. The lowest BCUT2D eigenvalue weighted by Crippen LogP contribution is -2.30. The summed E-state index contributed by atoms with van der Waals surface area (Å²) >= 11 is 0. The molecule has 156 valence electrons. The number of hydrogen-bond donors (Lipinski definition) is 2. The van der Waals surface area contributed by atoms with E-state index in [0.717, 1.165) is 0 Å². The maximum atomic E-state index is 13.3. The number of methoxy groups -OCH3 is 1. The number of rotatable bonds is 5. The molecule has 3 aromatic carbocycles. The quantitative estimate of drug-likeness (QED) is 0.508. The van der Waals surface area contributed by atoms with Crippen LogP contribution >= 0.6 is 0 Å². The van der Waals surface area contributed by atoms with Crippen molar-refractivity contribution in [2.75, 3.05) is 17.7 Å². The van der Waals surface area contributed by atoms with Crippen molar-refractivity contribution in [3.8, 4) is 5.75 Å². The number of aromatic nitrogens is 2. The number of hydrogen-bond acceptors (Lipinski definition) is 4. The molecule has 1 aromatic heterocycles. The van der Waals surface area contributed by atoms with E-state index in [1.165, 1.54) is 23.8 Å². The largest absolute Gasteiger partial charge is 0.497 e. The minimum absolute atomic E-state index is 0.117. The highest BCUT2D eigenvalue weighted by molar-refractivity contribution is 6.04. The van der Waals surface area contributed by atoms with Crippen molar-refractivity contribution in [2.45, 2.75) is 6.54 Å². The molecule has 4 aromatic rings. The highest BCUT2D eigenvalue weighted by atomic mass is 19.1. The number of urea groups is 1. The molecule has 0 aliphatic carbocycles. The van der Waals surface area contributed by atoms with Crippen LogP contribution in [0.1, 0.15) is 5.56 Å². The Morgan fingerprint density at radius 3 is 2.58 bits per heavy atom. The van der Waals surface area contributed by atoms with Crippen molar-refractivity contribution < 1.29 is 13.9 Å². The first-order valence-corrected chi connectivity index (χ1v) is 9.49. The lowest BCUT2D eigenvalue weighted by Gasteiger charge is -2.16. The number of nitrogens with one attached hydrogen (secondary N) is 2. The van der Waals surface area contributed by atoms with E-state index in [2.05, 4.69) is 15.6 Å². The van der Waals surface area contributed by atoms with Gasteiger partial charge in [0.25, 0.3) is 0 Å². The fourth-order valence-electron chi connectivity index (χ4n) is 3.20. The molecule has 0 radical (unpaired) electrons. The Morgan fingerprint density at radius 1 is 1.03 bits per heavy atom. The second-order valence-corrected chi connectivity index (χ2v) is 6.78. The maximum Gasteiger partial charge on any atom is 0.350 e. The van der Waals surface area contributed by atoms with Gasteiger partial charge in [0, 0.05) is 17.1 Å². The first kappa shape index (κ1) is 20.1. The molecule has 1 heterocycles. The predicted molar refractivity (Wildman–Crippen MR) is 117 cm³/mol. The van der Waals surface area contributed by atoms with E-state index >= 15 is 0 Å². The third-order valence-electron chi connectivity index (χ3n) is 4.69. The molecule has 7 nitrogen and oxygen atoms in total. The molecule has 0 aliphatic rings. The Bertz CT molecular complexity index is 1300. The fourth-order valence-corrected chi connectivity index (χ4v) is 3.20. The van der Waals surface area contributed by atoms with Gasteiger partial charge < -0.3 is 10.1 Å². The summed E-state index contributed by atoms with van der Waals surface area (Å²) in [5.74, 6) is 0.518. The molecule has 31 heavy (non-hydrogen) atoms. The summed E-state index contributed by atoms with van der Waals surface area (Å²) in [6.45, 7) is 0.117. The summed E-state index contributed by atoms with van der Waals surface area (Å²) in [7, 11) is 1.54. The number of benzene rings is 3. The molecule has 0 fully saturated rings. The normalized spacial score (nSPS) is 10.6. The number of carbonyl (C=O) groups excluding carboxylic acids is 1. The van der Waals surface area contributed by atoms with Crippen LogP contribution < -0.4 is 21.1 Å². The van der Waals surface area contributed by atoms with E-state index in [0.29, 0.717) is 33.7 Å². The first-order valence-electron chi connectivity index (χ1n) is 9.49. The predicted octanol–water partition coefficient (Wildman–Crippen LogP) is 4.24. The number of carbonyl (C=O) groups is 1. The SMILES string of the molecule is COc1cccc(NC(=O)Nc2c3ccccc3nc(=O)n2Cc2ccc(F)cc2)c1. The van der Waals surface area contributed by atoms with Gasteiger partial charge in [0.05, 0.1) is 19.2 Å². The van der Waals surface area contributed by atoms with Gasteiger partial charge in [-0.25, -0.2) is 14.0 Å². The van der Waals surface area contributed by atoms with Crippen LogP contribution in [0.2, 0.25) is 0 Å². The lowest BCUT2D eigenvalue weighted by atomic mass is 10.2. The molecule has 0 atom stereocenters.